The van der Waals surface area contributed by atoms with Gasteiger partial charge in [-0.15, -0.1) is 0 Å². The molecule has 1 unspecified atom stereocenters. The molecule has 6 nitrogen and oxygen atoms in total. The summed E-state index contributed by atoms with van der Waals surface area (Å²) in [7, 11) is -3.62. The predicted octanol–water partition coefficient (Wildman–Crippen LogP) is 4.41. The number of carbonyl (C=O) groups is 1. The van der Waals surface area contributed by atoms with Crippen LogP contribution in [0.2, 0.25) is 0 Å². The van der Waals surface area contributed by atoms with E-state index >= 15 is 0 Å². The fourth-order valence-corrected chi connectivity index (χ4v) is 5.85. The summed E-state index contributed by atoms with van der Waals surface area (Å²) in [6, 6.07) is 14.8. The second-order valence-corrected chi connectivity index (χ2v) is 9.45. The number of hydrogen-bond acceptors (Lipinski definition) is 5. The Morgan fingerprint density at radius 2 is 1.65 bits per heavy atom. The third-order valence-electron chi connectivity index (χ3n) is 5.56. The first kappa shape index (κ1) is 23.3. The van der Waals surface area contributed by atoms with E-state index in [1.54, 1.807) is 12.1 Å². The number of benzene rings is 2. The van der Waals surface area contributed by atoms with Gasteiger partial charge in [-0.25, -0.2) is 8.42 Å². The van der Waals surface area contributed by atoms with Gasteiger partial charge in [0.15, 0.2) is 0 Å². The highest BCUT2D eigenvalue weighted by atomic mass is 32.2. The molecule has 0 fully saturated rings. The number of esters is 1. The molecule has 0 saturated carbocycles. The van der Waals surface area contributed by atoms with Crippen LogP contribution in [-0.2, 0) is 19.6 Å². The van der Waals surface area contributed by atoms with Crippen LogP contribution in [0.5, 0.6) is 0 Å². The summed E-state index contributed by atoms with van der Waals surface area (Å²) in [5, 5.41) is 3.59. The second-order valence-electron chi connectivity index (χ2n) is 7.62. The Kier molecular flexibility index (Phi) is 8.09. The van der Waals surface area contributed by atoms with E-state index in [1.165, 1.54) is 4.31 Å². The molecule has 1 atom stereocenters. The second kappa shape index (κ2) is 10.8. The van der Waals surface area contributed by atoms with Gasteiger partial charge in [0.05, 0.1) is 23.2 Å². The molecule has 0 amide bonds. The Hall–Kier alpha value is -2.38. The lowest BCUT2D eigenvalue weighted by Crippen LogP contribution is -2.30. The van der Waals surface area contributed by atoms with Crippen molar-refractivity contribution in [1.82, 2.24) is 5.32 Å². The van der Waals surface area contributed by atoms with Crippen LogP contribution in [0.25, 0.3) is 0 Å². The smallest absolute Gasteiger partial charge is 0.305 e. The minimum atomic E-state index is -3.62. The molecule has 7 heteroatoms. The van der Waals surface area contributed by atoms with Crippen LogP contribution >= 0.6 is 0 Å². The summed E-state index contributed by atoms with van der Waals surface area (Å²) in [5.74, 6) is -0.131. The first-order valence-electron chi connectivity index (χ1n) is 11.1. The Balaban J connectivity index is 1.73. The Morgan fingerprint density at radius 1 is 0.968 bits per heavy atom. The van der Waals surface area contributed by atoms with E-state index in [0.717, 1.165) is 49.0 Å². The van der Waals surface area contributed by atoms with Gasteiger partial charge in [-0.1, -0.05) is 49.2 Å². The van der Waals surface area contributed by atoms with Gasteiger partial charge in [0.1, 0.15) is 0 Å². The molecule has 0 aromatic heterocycles. The number of unbranched alkanes of at least 4 members (excludes halogenated alkanes) is 3. The molecule has 1 heterocycles. The summed E-state index contributed by atoms with van der Waals surface area (Å²) < 4.78 is 33.2. The van der Waals surface area contributed by atoms with E-state index in [-0.39, 0.29) is 12.0 Å². The number of anilines is 1. The Morgan fingerprint density at radius 3 is 2.39 bits per heavy atom. The van der Waals surface area contributed by atoms with E-state index in [2.05, 4.69) is 5.32 Å². The maximum atomic E-state index is 13.4. The number of nitrogens with one attached hydrogen (secondary N) is 1. The molecule has 0 saturated heterocycles. The van der Waals surface area contributed by atoms with E-state index in [4.69, 9.17) is 4.74 Å². The number of hydrogen-bond donors (Lipinski definition) is 1. The first-order valence-corrected chi connectivity index (χ1v) is 12.5. The third kappa shape index (κ3) is 5.28. The molecule has 31 heavy (non-hydrogen) atoms. The fourth-order valence-electron chi connectivity index (χ4n) is 4.12. The normalized spacial score (nSPS) is 16.8. The zero-order valence-corrected chi connectivity index (χ0v) is 19.2. The van der Waals surface area contributed by atoms with Gasteiger partial charge in [-0.05, 0) is 56.5 Å². The number of fused-ring (bicyclic) bond motifs is 2. The molecule has 3 rings (SSSR count). The molecular weight excluding hydrogens is 412 g/mol. The summed E-state index contributed by atoms with van der Waals surface area (Å²) in [5.41, 5.74) is 2.49. The monoisotopic (exact) mass is 444 g/mol. The van der Waals surface area contributed by atoms with Gasteiger partial charge in [-0.2, -0.15) is 0 Å². The maximum absolute atomic E-state index is 13.4. The topological polar surface area (TPSA) is 75.7 Å². The van der Waals surface area contributed by atoms with Crippen molar-refractivity contribution in [3.63, 3.8) is 0 Å². The maximum Gasteiger partial charge on any atom is 0.305 e. The zero-order valence-electron chi connectivity index (χ0n) is 18.3. The van der Waals surface area contributed by atoms with Crippen molar-refractivity contribution < 1.29 is 17.9 Å². The number of sulfonamides is 1. The molecule has 168 valence electrons. The molecule has 0 bridgehead atoms. The molecule has 0 radical (unpaired) electrons. The lowest BCUT2D eigenvalue weighted by atomic mass is 9.96. The molecule has 1 aliphatic rings. The molecule has 1 N–H and O–H groups in total. The van der Waals surface area contributed by atoms with Gasteiger partial charge in [0, 0.05) is 13.0 Å². The van der Waals surface area contributed by atoms with Crippen LogP contribution in [0.3, 0.4) is 0 Å². The van der Waals surface area contributed by atoms with Crippen molar-refractivity contribution in [2.24, 2.45) is 0 Å². The third-order valence-corrected chi connectivity index (χ3v) is 7.53. The molecule has 0 spiro atoms. The highest BCUT2D eigenvalue weighted by Crippen LogP contribution is 2.40. The summed E-state index contributed by atoms with van der Waals surface area (Å²) in [4.78, 5) is 11.8. The van der Waals surface area contributed by atoms with Gasteiger partial charge in [0.25, 0.3) is 10.0 Å². The van der Waals surface area contributed by atoms with Gasteiger partial charge < -0.3 is 10.1 Å². The molecular formula is C24H32N2O4S. The Labute approximate surface area is 185 Å². The van der Waals surface area contributed by atoms with Crippen molar-refractivity contribution in [3.8, 4) is 0 Å². The van der Waals surface area contributed by atoms with E-state index in [0.29, 0.717) is 24.5 Å². The van der Waals surface area contributed by atoms with Gasteiger partial charge in [-0.3, -0.25) is 9.10 Å². The average molecular weight is 445 g/mol. The molecule has 1 aliphatic heterocycles. The average Bonchev–Trinajstić information content (AvgIpc) is 2.84. The molecule has 2 aromatic rings. The van der Waals surface area contributed by atoms with Crippen molar-refractivity contribution in [2.75, 3.05) is 24.0 Å². The van der Waals surface area contributed by atoms with Crippen LogP contribution in [0.15, 0.2) is 53.4 Å². The number of ether oxygens (including phenoxy) is 1. The van der Waals surface area contributed by atoms with Gasteiger partial charge in [0.2, 0.25) is 0 Å². The van der Waals surface area contributed by atoms with Crippen molar-refractivity contribution in [2.45, 2.75) is 56.9 Å². The SMILES string of the molecule is CCOC(=O)CCCCCCNC1c2ccccc2N(CC)S(=O)(=O)c2ccccc21. The van der Waals surface area contributed by atoms with Crippen molar-refractivity contribution in [1.29, 1.82) is 0 Å². The largest absolute Gasteiger partial charge is 0.466 e. The van der Waals surface area contributed by atoms with E-state index in [1.807, 2.05) is 50.2 Å². The number of rotatable bonds is 10. The van der Waals surface area contributed by atoms with Crippen LogP contribution in [0.1, 0.15) is 63.1 Å². The highest BCUT2D eigenvalue weighted by molar-refractivity contribution is 7.93. The number of carbonyl (C=O) groups excluding carboxylic acids is 1. The predicted molar refractivity (Wildman–Crippen MR) is 123 cm³/mol. The van der Waals surface area contributed by atoms with Crippen LogP contribution in [0.4, 0.5) is 5.69 Å². The first-order chi connectivity index (χ1) is 15.0. The summed E-state index contributed by atoms with van der Waals surface area (Å²) >= 11 is 0. The lowest BCUT2D eigenvalue weighted by Gasteiger charge is -2.24. The molecule has 2 aromatic carbocycles. The zero-order chi connectivity index (χ0) is 22.3. The molecule has 0 aliphatic carbocycles. The van der Waals surface area contributed by atoms with Crippen LogP contribution in [-0.4, -0.2) is 34.1 Å². The number of para-hydroxylation sites is 1. The minimum Gasteiger partial charge on any atom is -0.466 e. The minimum absolute atomic E-state index is 0.131. The lowest BCUT2D eigenvalue weighted by molar-refractivity contribution is -0.143. The summed E-state index contributed by atoms with van der Waals surface area (Å²) in [6.45, 7) is 5.25. The van der Waals surface area contributed by atoms with Crippen molar-refractivity contribution in [3.05, 3.63) is 59.7 Å². The van der Waals surface area contributed by atoms with Crippen molar-refractivity contribution >= 4 is 21.7 Å². The van der Waals surface area contributed by atoms with Crippen LogP contribution in [0, 0.1) is 0 Å². The highest BCUT2D eigenvalue weighted by Gasteiger charge is 2.35. The van der Waals surface area contributed by atoms with E-state index < -0.39 is 10.0 Å². The van der Waals surface area contributed by atoms with E-state index in [9.17, 15) is 13.2 Å². The van der Waals surface area contributed by atoms with Gasteiger partial charge >= 0.3 is 5.97 Å². The standard InChI is InChI=1S/C24H32N2O4S/c1-3-26-21-15-10-8-13-19(21)24(20-14-9-11-16-22(20)31(26,28)29)25-18-12-6-5-7-17-23(27)30-4-2/h8-11,13-16,24-25H,3-7,12,17-18H2,1-2H3. The fraction of sp³-hybridized carbons (Fsp3) is 0.458. The number of nitrogens with zero attached hydrogens (tertiary/aromatic N) is 1. The Bertz CT molecular complexity index is 991. The van der Waals surface area contributed by atoms with Crippen LogP contribution < -0.4 is 9.62 Å². The summed E-state index contributed by atoms with van der Waals surface area (Å²) in [6.07, 6.45) is 4.22. The quantitative estimate of drug-likeness (QED) is 0.434.